The largest absolute Gasteiger partial charge is 0.366 e. The number of fused-ring (bicyclic) bond motifs is 1. The first kappa shape index (κ1) is 20.2. The second-order valence-corrected chi connectivity index (χ2v) is 8.64. The topological polar surface area (TPSA) is 104 Å². The van der Waals surface area contributed by atoms with Crippen LogP contribution in [0.1, 0.15) is 12.8 Å². The van der Waals surface area contributed by atoms with Crippen LogP contribution in [0.15, 0.2) is 60.1 Å². The maximum Gasteiger partial charge on any atom is 0.292 e. The van der Waals surface area contributed by atoms with E-state index < -0.39 is 0 Å². The molecule has 2 N–H and O–H groups in total. The third kappa shape index (κ3) is 3.82. The number of amides is 1. The molecule has 5 rings (SSSR count). The summed E-state index contributed by atoms with van der Waals surface area (Å²) < 4.78 is 0. The summed E-state index contributed by atoms with van der Waals surface area (Å²) in [6.45, 7) is 1.20. The molecule has 1 aliphatic rings. The number of anilines is 2. The van der Waals surface area contributed by atoms with Crippen LogP contribution in [0.5, 0.6) is 0 Å². The van der Waals surface area contributed by atoms with E-state index in [1.54, 1.807) is 18.2 Å². The highest BCUT2D eigenvalue weighted by Gasteiger charge is 2.28. The summed E-state index contributed by atoms with van der Waals surface area (Å²) in [6.07, 6.45) is 3.21. The number of benzene rings is 2. The fraction of sp³-hybridized carbons (Fsp3) is 0.217. The van der Waals surface area contributed by atoms with Crippen LogP contribution >= 0.6 is 11.3 Å². The number of H-pyrrole nitrogens is 1. The van der Waals surface area contributed by atoms with E-state index in [1.807, 2.05) is 40.7 Å². The molecular weight excluding hydrogens is 426 g/mol. The van der Waals surface area contributed by atoms with E-state index >= 15 is 0 Å². The number of carbonyl (C=O) groups excluding carboxylic acids is 1. The number of nitro benzene ring substituents is 1. The number of nitro groups is 1. The van der Waals surface area contributed by atoms with Crippen molar-refractivity contribution in [2.24, 2.45) is 5.92 Å². The average Bonchev–Trinajstić information content (AvgIpc) is 3.46. The lowest BCUT2D eigenvalue weighted by molar-refractivity contribution is -0.384. The lowest BCUT2D eigenvalue weighted by Crippen LogP contribution is -2.38. The number of hydrogen-bond acceptors (Lipinski definition) is 6. The number of nitrogens with one attached hydrogen (secondary N) is 2. The number of carbonyl (C=O) groups is 1. The normalized spacial score (nSPS) is 14.6. The second-order valence-electron chi connectivity index (χ2n) is 7.78. The van der Waals surface area contributed by atoms with Crippen molar-refractivity contribution in [3.63, 3.8) is 0 Å². The van der Waals surface area contributed by atoms with Crippen molar-refractivity contribution >= 4 is 44.7 Å². The minimum atomic E-state index is -0.359. The number of thiazole rings is 1. The maximum absolute atomic E-state index is 12.8. The van der Waals surface area contributed by atoms with E-state index in [-0.39, 0.29) is 22.4 Å². The number of aromatic amines is 1. The molecule has 0 radical (unpaired) electrons. The van der Waals surface area contributed by atoms with Crippen molar-refractivity contribution < 1.29 is 9.72 Å². The first-order valence-electron chi connectivity index (χ1n) is 10.4. The zero-order chi connectivity index (χ0) is 22.1. The fourth-order valence-electron chi connectivity index (χ4n) is 4.21. The molecule has 0 atom stereocenters. The Morgan fingerprint density at radius 3 is 2.72 bits per heavy atom. The van der Waals surface area contributed by atoms with Gasteiger partial charge in [-0.2, -0.15) is 0 Å². The van der Waals surface area contributed by atoms with Gasteiger partial charge in [-0.15, -0.1) is 11.3 Å². The first-order chi connectivity index (χ1) is 15.6. The van der Waals surface area contributed by atoms with Crippen LogP contribution in [-0.4, -0.2) is 33.9 Å². The summed E-state index contributed by atoms with van der Waals surface area (Å²) in [5, 5.41) is 17.9. The van der Waals surface area contributed by atoms with Gasteiger partial charge in [0.15, 0.2) is 5.13 Å². The lowest BCUT2D eigenvalue weighted by atomic mass is 9.95. The number of rotatable bonds is 5. The van der Waals surface area contributed by atoms with E-state index in [0.717, 1.165) is 22.2 Å². The van der Waals surface area contributed by atoms with Crippen LogP contribution in [0, 0.1) is 16.0 Å². The molecule has 1 saturated heterocycles. The summed E-state index contributed by atoms with van der Waals surface area (Å²) in [5.74, 6) is -0.193. The minimum absolute atomic E-state index is 0.0490. The molecule has 9 heteroatoms. The molecule has 0 aliphatic carbocycles. The summed E-state index contributed by atoms with van der Waals surface area (Å²) in [4.78, 5) is 33.6. The number of piperidine rings is 1. The Hall–Kier alpha value is -3.72. The van der Waals surface area contributed by atoms with E-state index in [2.05, 4.69) is 15.3 Å². The summed E-state index contributed by atoms with van der Waals surface area (Å²) in [5.41, 5.74) is 3.60. The van der Waals surface area contributed by atoms with Gasteiger partial charge in [-0.3, -0.25) is 14.9 Å². The summed E-state index contributed by atoms with van der Waals surface area (Å²) in [6, 6.07) is 14.8. The van der Waals surface area contributed by atoms with E-state index in [9.17, 15) is 14.9 Å². The Morgan fingerprint density at radius 2 is 1.91 bits per heavy atom. The van der Waals surface area contributed by atoms with Gasteiger partial charge in [-0.05, 0) is 25.0 Å². The maximum atomic E-state index is 12.8. The van der Waals surface area contributed by atoms with Crippen LogP contribution in [-0.2, 0) is 4.79 Å². The summed E-state index contributed by atoms with van der Waals surface area (Å²) in [7, 11) is 0. The highest BCUT2D eigenvalue weighted by atomic mass is 32.1. The molecule has 3 heterocycles. The fourth-order valence-corrected chi connectivity index (χ4v) is 4.93. The van der Waals surface area contributed by atoms with Gasteiger partial charge in [0.1, 0.15) is 5.69 Å². The van der Waals surface area contributed by atoms with Gasteiger partial charge in [0, 0.05) is 53.1 Å². The second kappa shape index (κ2) is 8.43. The zero-order valence-electron chi connectivity index (χ0n) is 17.2. The molecule has 2 aromatic heterocycles. The highest BCUT2D eigenvalue weighted by Crippen LogP contribution is 2.33. The first-order valence-corrected chi connectivity index (χ1v) is 11.3. The van der Waals surface area contributed by atoms with E-state index in [1.165, 1.54) is 17.4 Å². The Balaban J connectivity index is 1.23. The molecule has 0 unspecified atom stereocenters. The van der Waals surface area contributed by atoms with Crippen molar-refractivity contribution in [2.45, 2.75) is 12.8 Å². The Bertz CT molecular complexity index is 1290. The molecular formula is C23H21N5O3S. The average molecular weight is 448 g/mol. The predicted molar refractivity (Wildman–Crippen MR) is 126 cm³/mol. The molecule has 32 heavy (non-hydrogen) atoms. The standard InChI is InChI=1S/C23H21N5O3S/c29-22(15-9-11-27(12-10-15)20-7-3-4-8-21(20)28(30)31)26-23-25-19(14-32-23)17-13-24-18-6-2-1-5-16(17)18/h1-8,13-15,24H,9-12H2,(H,25,26,29). The highest BCUT2D eigenvalue weighted by molar-refractivity contribution is 7.14. The minimum Gasteiger partial charge on any atom is -0.366 e. The number of hydrogen-bond donors (Lipinski definition) is 2. The molecule has 2 aromatic carbocycles. The van der Waals surface area contributed by atoms with Crippen molar-refractivity contribution in [1.82, 2.24) is 9.97 Å². The molecule has 0 bridgehead atoms. The van der Waals surface area contributed by atoms with Gasteiger partial charge in [-0.1, -0.05) is 30.3 Å². The number of aromatic nitrogens is 2. The Labute approximate surface area is 188 Å². The summed E-state index contributed by atoms with van der Waals surface area (Å²) >= 11 is 1.41. The molecule has 1 amide bonds. The van der Waals surface area contributed by atoms with Crippen molar-refractivity contribution in [2.75, 3.05) is 23.3 Å². The van der Waals surface area contributed by atoms with Crippen LogP contribution in [0.2, 0.25) is 0 Å². The molecule has 4 aromatic rings. The smallest absolute Gasteiger partial charge is 0.292 e. The molecule has 1 aliphatic heterocycles. The van der Waals surface area contributed by atoms with Gasteiger partial charge >= 0.3 is 0 Å². The molecule has 1 fully saturated rings. The van der Waals surface area contributed by atoms with Crippen LogP contribution in [0.25, 0.3) is 22.2 Å². The molecule has 0 saturated carbocycles. The number of nitrogens with zero attached hydrogens (tertiary/aromatic N) is 3. The van der Waals surface area contributed by atoms with Gasteiger partial charge in [0.2, 0.25) is 5.91 Å². The molecule has 162 valence electrons. The molecule has 0 spiro atoms. The van der Waals surface area contributed by atoms with Gasteiger partial charge in [-0.25, -0.2) is 4.98 Å². The van der Waals surface area contributed by atoms with Gasteiger partial charge < -0.3 is 15.2 Å². The Morgan fingerprint density at radius 1 is 1.16 bits per heavy atom. The predicted octanol–water partition coefficient (Wildman–Crippen LogP) is 5.05. The van der Waals surface area contributed by atoms with E-state index in [4.69, 9.17) is 0 Å². The Kier molecular flexibility index (Phi) is 5.32. The third-order valence-corrected chi connectivity index (χ3v) is 6.64. The third-order valence-electron chi connectivity index (χ3n) is 5.88. The van der Waals surface area contributed by atoms with Crippen LogP contribution in [0.3, 0.4) is 0 Å². The van der Waals surface area contributed by atoms with E-state index in [0.29, 0.717) is 36.8 Å². The SMILES string of the molecule is O=C(Nc1nc(-c2c[nH]c3ccccc23)cs1)C1CCN(c2ccccc2[N+](=O)[O-])CC1. The van der Waals surface area contributed by atoms with Gasteiger partial charge in [0.05, 0.1) is 10.6 Å². The zero-order valence-corrected chi connectivity index (χ0v) is 18.0. The lowest BCUT2D eigenvalue weighted by Gasteiger charge is -2.32. The number of para-hydroxylation sites is 3. The van der Waals surface area contributed by atoms with Crippen LogP contribution in [0.4, 0.5) is 16.5 Å². The van der Waals surface area contributed by atoms with Crippen LogP contribution < -0.4 is 10.2 Å². The quantitative estimate of drug-likeness (QED) is 0.329. The van der Waals surface area contributed by atoms with Crippen molar-refractivity contribution in [1.29, 1.82) is 0 Å². The van der Waals surface area contributed by atoms with Crippen molar-refractivity contribution in [3.05, 3.63) is 70.2 Å². The van der Waals surface area contributed by atoms with Gasteiger partial charge in [0.25, 0.3) is 5.69 Å². The molecule has 8 nitrogen and oxygen atoms in total. The monoisotopic (exact) mass is 447 g/mol. The van der Waals surface area contributed by atoms with Crippen molar-refractivity contribution in [3.8, 4) is 11.3 Å².